The largest absolute Gasteiger partial charge is 0.506 e. The van der Waals surface area contributed by atoms with E-state index in [9.17, 15) is 5.11 Å². The van der Waals surface area contributed by atoms with Crippen LogP contribution < -0.4 is 10.5 Å². The molecule has 2 aromatic carbocycles. The Morgan fingerprint density at radius 1 is 1.14 bits per heavy atom. The molecule has 106 valence electrons. The molecule has 0 saturated heterocycles. The highest BCUT2D eigenvalue weighted by Crippen LogP contribution is 2.26. The van der Waals surface area contributed by atoms with Crippen molar-refractivity contribution in [3.05, 3.63) is 54.4 Å². The van der Waals surface area contributed by atoms with Crippen LogP contribution in [-0.4, -0.2) is 15.2 Å². The minimum Gasteiger partial charge on any atom is -0.506 e. The fourth-order valence-electron chi connectivity index (χ4n) is 1.78. The Morgan fingerprint density at radius 3 is 2.71 bits per heavy atom. The Labute approximate surface area is 120 Å². The molecule has 0 atom stereocenters. The summed E-state index contributed by atoms with van der Waals surface area (Å²) in [4.78, 5) is 4.23. The number of rotatable bonds is 4. The maximum absolute atomic E-state index is 9.39. The van der Waals surface area contributed by atoms with Crippen molar-refractivity contribution in [1.29, 1.82) is 0 Å². The lowest BCUT2D eigenvalue weighted by Gasteiger charge is -2.01. The minimum absolute atomic E-state index is 0.0194. The van der Waals surface area contributed by atoms with Gasteiger partial charge in [-0.25, -0.2) is 0 Å². The number of benzene rings is 2. The summed E-state index contributed by atoms with van der Waals surface area (Å²) in [6.45, 7) is 0.209. The Kier molecular flexibility index (Phi) is 3.42. The minimum atomic E-state index is 0.0194. The quantitative estimate of drug-likeness (QED) is 0.564. The summed E-state index contributed by atoms with van der Waals surface area (Å²) in [5.74, 6) is 1.51. The number of hydrogen-bond acceptors (Lipinski definition) is 6. The van der Waals surface area contributed by atoms with Crippen LogP contribution in [0.15, 0.2) is 53.1 Å². The number of aromatic nitrogens is 2. The second kappa shape index (κ2) is 5.54. The Hall–Kier alpha value is -3.02. The molecule has 0 unspecified atom stereocenters. The average Bonchev–Trinajstić information content (AvgIpc) is 2.98. The Morgan fingerprint density at radius 2 is 1.95 bits per heavy atom. The maximum Gasteiger partial charge on any atom is 0.258 e. The zero-order valence-electron chi connectivity index (χ0n) is 11.1. The van der Waals surface area contributed by atoms with E-state index in [1.54, 1.807) is 12.1 Å². The molecular weight excluding hydrogens is 270 g/mol. The molecule has 3 rings (SSSR count). The smallest absolute Gasteiger partial charge is 0.258 e. The number of nitrogen functional groups attached to an aromatic ring is 1. The van der Waals surface area contributed by atoms with E-state index < -0.39 is 0 Å². The van der Waals surface area contributed by atoms with Crippen molar-refractivity contribution in [1.82, 2.24) is 10.1 Å². The number of para-hydroxylation sites is 1. The first-order valence-electron chi connectivity index (χ1n) is 6.31. The summed E-state index contributed by atoms with van der Waals surface area (Å²) in [6.07, 6.45) is 0. The topological polar surface area (TPSA) is 94.4 Å². The molecule has 0 aliphatic rings. The molecule has 0 bridgehead atoms. The van der Waals surface area contributed by atoms with Crippen LogP contribution in [0.1, 0.15) is 5.82 Å². The van der Waals surface area contributed by atoms with Gasteiger partial charge in [0, 0.05) is 5.56 Å². The molecule has 0 fully saturated rings. The van der Waals surface area contributed by atoms with Gasteiger partial charge in [-0.2, -0.15) is 4.98 Å². The van der Waals surface area contributed by atoms with Gasteiger partial charge in [0.1, 0.15) is 11.5 Å². The summed E-state index contributed by atoms with van der Waals surface area (Å²) in [5.41, 5.74) is 6.53. The van der Waals surface area contributed by atoms with Crippen molar-refractivity contribution in [2.75, 3.05) is 5.73 Å². The average molecular weight is 283 g/mol. The van der Waals surface area contributed by atoms with Gasteiger partial charge in [0.05, 0.1) is 5.69 Å². The molecule has 6 nitrogen and oxygen atoms in total. The molecule has 0 spiro atoms. The van der Waals surface area contributed by atoms with Crippen molar-refractivity contribution in [3.8, 4) is 23.0 Å². The summed E-state index contributed by atoms with van der Waals surface area (Å²) in [5, 5.41) is 13.2. The van der Waals surface area contributed by atoms with Crippen molar-refractivity contribution < 1.29 is 14.4 Å². The van der Waals surface area contributed by atoms with Gasteiger partial charge in [0.2, 0.25) is 5.82 Å². The second-order valence-electron chi connectivity index (χ2n) is 4.39. The van der Waals surface area contributed by atoms with Gasteiger partial charge in [-0.05, 0) is 30.3 Å². The molecule has 0 aliphatic carbocycles. The van der Waals surface area contributed by atoms with Crippen molar-refractivity contribution in [2.45, 2.75) is 6.61 Å². The van der Waals surface area contributed by atoms with Crippen LogP contribution >= 0.6 is 0 Å². The van der Waals surface area contributed by atoms with Gasteiger partial charge < -0.3 is 20.1 Å². The highest BCUT2D eigenvalue weighted by atomic mass is 16.5. The monoisotopic (exact) mass is 283 g/mol. The summed E-state index contributed by atoms with van der Waals surface area (Å²) >= 11 is 0. The first kappa shape index (κ1) is 13.0. The van der Waals surface area contributed by atoms with Gasteiger partial charge in [0.25, 0.3) is 5.89 Å². The zero-order valence-corrected chi connectivity index (χ0v) is 11.1. The van der Waals surface area contributed by atoms with E-state index in [0.29, 0.717) is 17.3 Å². The fourth-order valence-corrected chi connectivity index (χ4v) is 1.78. The van der Waals surface area contributed by atoms with Gasteiger partial charge in [-0.3, -0.25) is 0 Å². The van der Waals surface area contributed by atoms with E-state index in [1.165, 1.54) is 6.07 Å². The van der Waals surface area contributed by atoms with Crippen molar-refractivity contribution in [3.63, 3.8) is 0 Å². The highest BCUT2D eigenvalue weighted by molar-refractivity contribution is 5.64. The molecule has 6 heteroatoms. The van der Waals surface area contributed by atoms with E-state index in [1.807, 2.05) is 30.3 Å². The number of hydrogen-bond donors (Lipinski definition) is 2. The third-order valence-electron chi connectivity index (χ3n) is 2.85. The normalized spacial score (nSPS) is 10.5. The van der Waals surface area contributed by atoms with Crippen molar-refractivity contribution >= 4 is 5.69 Å². The van der Waals surface area contributed by atoms with E-state index in [-0.39, 0.29) is 18.0 Å². The first-order valence-corrected chi connectivity index (χ1v) is 6.31. The number of nitrogens with zero attached hydrogens (tertiary/aromatic N) is 2. The molecular formula is C15H13N3O3. The van der Waals surface area contributed by atoms with Crippen LogP contribution in [0.4, 0.5) is 5.69 Å². The Balaban J connectivity index is 1.72. The second-order valence-corrected chi connectivity index (χ2v) is 4.39. The van der Waals surface area contributed by atoms with E-state index in [2.05, 4.69) is 10.1 Å². The molecule has 3 aromatic rings. The lowest BCUT2D eigenvalue weighted by atomic mass is 10.2. The van der Waals surface area contributed by atoms with Crippen LogP contribution in [0, 0.1) is 0 Å². The van der Waals surface area contributed by atoms with Gasteiger partial charge in [-0.1, -0.05) is 23.4 Å². The number of phenols is 1. The standard InChI is InChI=1S/C15H13N3O3/c16-12-8-10(6-7-13(12)19)15-17-14(18-21-15)9-20-11-4-2-1-3-5-11/h1-8,19H,9,16H2. The molecule has 1 heterocycles. The molecule has 3 N–H and O–H groups in total. The summed E-state index contributed by atoms with van der Waals surface area (Å²) in [6, 6.07) is 14.1. The van der Waals surface area contributed by atoms with Crippen LogP contribution in [0.2, 0.25) is 0 Å². The molecule has 0 saturated carbocycles. The van der Waals surface area contributed by atoms with Gasteiger partial charge >= 0.3 is 0 Å². The fraction of sp³-hybridized carbons (Fsp3) is 0.0667. The third-order valence-corrected chi connectivity index (χ3v) is 2.85. The summed E-state index contributed by atoms with van der Waals surface area (Å²) < 4.78 is 10.7. The number of anilines is 1. The highest BCUT2D eigenvalue weighted by Gasteiger charge is 2.10. The number of ether oxygens (including phenoxy) is 1. The lowest BCUT2D eigenvalue weighted by molar-refractivity contribution is 0.287. The molecule has 0 radical (unpaired) electrons. The van der Waals surface area contributed by atoms with Gasteiger partial charge in [-0.15, -0.1) is 0 Å². The molecule has 21 heavy (non-hydrogen) atoms. The van der Waals surface area contributed by atoms with Gasteiger partial charge in [0.15, 0.2) is 6.61 Å². The number of phenolic OH excluding ortho intramolecular Hbond substituents is 1. The van der Waals surface area contributed by atoms with Crippen LogP contribution in [0.5, 0.6) is 11.5 Å². The van der Waals surface area contributed by atoms with Crippen LogP contribution in [-0.2, 0) is 6.61 Å². The molecule has 0 aliphatic heterocycles. The molecule has 1 aromatic heterocycles. The van der Waals surface area contributed by atoms with E-state index in [4.69, 9.17) is 15.0 Å². The summed E-state index contributed by atoms with van der Waals surface area (Å²) in [7, 11) is 0. The van der Waals surface area contributed by atoms with E-state index >= 15 is 0 Å². The van der Waals surface area contributed by atoms with Crippen molar-refractivity contribution in [2.24, 2.45) is 0 Å². The first-order chi connectivity index (χ1) is 10.2. The zero-order chi connectivity index (χ0) is 14.7. The third kappa shape index (κ3) is 2.94. The molecule has 0 amide bonds. The lowest BCUT2D eigenvalue weighted by Crippen LogP contribution is -1.97. The maximum atomic E-state index is 9.39. The van der Waals surface area contributed by atoms with E-state index in [0.717, 1.165) is 5.75 Å². The SMILES string of the molecule is Nc1cc(-c2nc(COc3ccccc3)no2)ccc1O. The predicted molar refractivity (Wildman–Crippen MR) is 76.6 cm³/mol. The number of aromatic hydroxyl groups is 1. The Bertz CT molecular complexity index is 741. The number of nitrogens with two attached hydrogens (primary N) is 1. The van der Waals surface area contributed by atoms with Crippen LogP contribution in [0.3, 0.4) is 0 Å². The van der Waals surface area contributed by atoms with Crippen LogP contribution in [0.25, 0.3) is 11.5 Å². The predicted octanol–water partition coefficient (Wildman–Crippen LogP) is 2.60.